The van der Waals surface area contributed by atoms with Gasteiger partial charge in [0.15, 0.2) is 4.60 Å². The molecule has 0 spiro atoms. The van der Waals surface area contributed by atoms with Gasteiger partial charge in [-0.05, 0) is 42.4 Å². The van der Waals surface area contributed by atoms with Crippen LogP contribution in [0.4, 0.5) is 0 Å². The minimum atomic E-state index is -0.512. The highest BCUT2D eigenvalue weighted by Gasteiger charge is 2.39. The number of ketones is 1. The lowest BCUT2D eigenvalue weighted by atomic mass is 9.89. The SMILES string of the molecule is CCN(CC)C(C)(CC)C(=O)c1c(Br)nnn1C. The molecule has 6 heteroatoms. The third-order valence-electron chi connectivity index (χ3n) is 3.64. The van der Waals surface area contributed by atoms with Gasteiger partial charge in [-0.2, -0.15) is 0 Å². The van der Waals surface area contributed by atoms with Gasteiger partial charge in [0.25, 0.3) is 0 Å². The number of aryl methyl sites for hydroxylation is 1. The van der Waals surface area contributed by atoms with Crippen LogP contribution in [0, 0.1) is 0 Å². The lowest BCUT2D eigenvalue weighted by molar-refractivity contribution is 0.0596. The van der Waals surface area contributed by atoms with Crippen LogP contribution in [0.5, 0.6) is 0 Å². The molecule has 1 atom stereocenters. The van der Waals surface area contributed by atoms with Crippen molar-refractivity contribution < 1.29 is 4.79 Å². The molecule has 18 heavy (non-hydrogen) atoms. The van der Waals surface area contributed by atoms with E-state index in [2.05, 4.69) is 45.0 Å². The molecule has 0 radical (unpaired) electrons. The fourth-order valence-corrected chi connectivity index (χ4v) is 2.78. The van der Waals surface area contributed by atoms with Crippen molar-refractivity contribution in [1.82, 2.24) is 19.9 Å². The van der Waals surface area contributed by atoms with Gasteiger partial charge in [-0.25, -0.2) is 4.68 Å². The van der Waals surface area contributed by atoms with Gasteiger partial charge in [-0.1, -0.05) is 26.0 Å². The molecule has 1 rings (SSSR count). The van der Waals surface area contributed by atoms with Gasteiger partial charge in [0.2, 0.25) is 5.78 Å². The van der Waals surface area contributed by atoms with Crippen molar-refractivity contribution in [3.05, 3.63) is 10.3 Å². The fourth-order valence-electron chi connectivity index (χ4n) is 2.28. The van der Waals surface area contributed by atoms with E-state index in [0.717, 1.165) is 19.5 Å². The summed E-state index contributed by atoms with van der Waals surface area (Å²) in [5, 5.41) is 7.76. The molecule has 1 aromatic rings. The highest BCUT2D eigenvalue weighted by molar-refractivity contribution is 9.10. The summed E-state index contributed by atoms with van der Waals surface area (Å²) in [4.78, 5) is 15.0. The number of nitrogens with zero attached hydrogens (tertiary/aromatic N) is 4. The lowest BCUT2D eigenvalue weighted by Crippen LogP contribution is -2.52. The molecule has 1 unspecified atom stereocenters. The quantitative estimate of drug-likeness (QED) is 0.755. The van der Waals surface area contributed by atoms with Gasteiger partial charge in [-0.15, -0.1) is 5.10 Å². The van der Waals surface area contributed by atoms with Crippen LogP contribution in [-0.2, 0) is 7.05 Å². The van der Waals surface area contributed by atoms with Crippen LogP contribution in [0.15, 0.2) is 4.60 Å². The van der Waals surface area contributed by atoms with E-state index < -0.39 is 5.54 Å². The van der Waals surface area contributed by atoms with Crippen LogP contribution in [0.25, 0.3) is 0 Å². The summed E-state index contributed by atoms with van der Waals surface area (Å²) in [6.45, 7) is 9.85. The van der Waals surface area contributed by atoms with Crippen LogP contribution in [0.1, 0.15) is 44.6 Å². The lowest BCUT2D eigenvalue weighted by Gasteiger charge is -2.38. The van der Waals surface area contributed by atoms with Crippen LogP contribution in [0.2, 0.25) is 0 Å². The summed E-state index contributed by atoms with van der Waals surface area (Å²) < 4.78 is 2.05. The molecular weight excluding hydrogens is 296 g/mol. The molecule has 0 fully saturated rings. The zero-order chi connectivity index (χ0) is 13.9. The van der Waals surface area contributed by atoms with E-state index in [4.69, 9.17) is 0 Å². The minimum absolute atomic E-state index is 0.0630. The van der Waals surface area contributed by atoms with Gasteiger partial charge in [0.05, 0.1) is 5.54 Å². The number of likely N-dealkylation sites (N-methyl/N-ethyl adjacent to an activating group) is 1. The molecule has 0 aromatic carbocycles. The van der Waals surface area contributed by atoms with E-state index in [1.807, 2.05) is 13.8 Å². The summed E-state index contributed by atoms with van der Waals surface area (Å²) in [6.07, 6.45) is 0.755. The second kappa shape index (κ2) is 5.93. The monoisotopic (exact) mass is 316 g/mol. The molecule has 5 nitrogen and oxygen atoms in total. The number of hydrogen-bond donors (Lipinski definition) is 0. The maximum atomic E-state index is 12.8. The third-order valence-corrected chi connectivity index (χ3v) is 4.17. The fraction of sp³-hybridized carbons (Fsp3) is 0.750. The Hall–Kier alpha value is -0.750. The highest BCUT2D eigenvalue weighted by atomic mass is 79.9. The van der Waals surface area contributed by atoms with E-state index >= 15 is 0 Å². The van der Waals surface area contributed by atoms with E-state index in [9.17, 15) is 4.79 Å². The number of halogens is 1. The Morgan fingerprint density at radius 1 is 1.39 bits per heavy atom. The van der Waals surface area contributed by atoms with Crippen molar-refractivity contribution in [3.8, 4) is 0 Å². The molecule has 1 heterocycles. The van der Waals surface area contributed by atoms with Crippen LogP contribution in [0.3, 0.4) is 0 Å². The Morgan fingerprint density at radius 3 is 2.28 bits per heavy atom. The molecule has 0 bridgehead atoms. The molecule has 0 aliphatic heterocycles. The smallest absolute Gasteiger partial charge is 0.203 e. The summed E-state index contributed by atoms with van der Waals surface area (Å²) in [6, 6.07) is 0. The first-order chi connectivity index (χ1) is 8.42. The Kier molecular flexibility index (Phi) is 5.04. The predicted octanol–water partition coefficient (Wildman–Crippen LogP) is 2.27. The van der Waals surface area contributed by atoms with Gasteiger partial charge in [0.1, 0.15) is 5.69 Å². The summed E-state index contributed by atoms with van der Waals surface area (Å²) >= 11 is 3.30. The number of hydrogen-bond acceptors (Lipinski definition) is 4. The highest BCUT2D eigenvalue weighted by Crippen LogP contribution is 2.26. The standard InChI is InChI=1S/C12H21BrN4O/c1-6-12(4,17(7-2)8-3)10(18)9-11(13)14-15-16(9)5/h6-8H2,1-5H3. The predicted molar refractivity (Wildman–Crippen MR) is 74.7 cm³/mol. The van der Waals surface area contributed by atoms with Crippen molar-refractivity contribution in [2.75, 3.05) is 13.1 Å². The largest absolute Gasteiger partial charge is 0.291 e. The minimum Gasteiger partial charge on any atom is -0.291 e. The van der Waals surface area contributed by atoms with Crippen molar-refractivity contribution in [1.29, 1.82) is 0 Å². The topological polar surface area (TPSA) is 51.0 Å². The maximum absolute atomic E-state index is 12.8. The van der Waals surface area contributed by atoms with Gasteiger partial charge < -0.3 is 0 Å². The Morgan fingerprint density at radius 2 is 1.94 bits per heavy atom. The Labute approximate surface area is 117 Å². The van der Waals surface area contributed by atoms with E-state index in [1.165, 1.54) is 4.68 Å². The number of Topliss-reactive ketones (excluding diaryl/α,β-unsaturated/α-hetero) is 1. The van der Waals surface area contributed by atoms with E-state index in [1.54, 1.807) is 7.05 Å². The van der Waals surface area contributed by atoms with Crippen molar-refractivity contribution >= 4 is 21.7 Å². The van der Waals surface area contributed by atoms with Crippen LogP contribution < -0.4 is 0 Å². The first-order valence-corrected chi connectivity index (χ1v) is 7.06. The maximum Gasteiger partial charge on any atom is 0.203 e. The summed E-state index contributed by atoms with van der Waals surface area (Å²) in [5.41, 5.74) is 0.0212. The molecule has 0 aliphatic carbocycles. The molecule has 1 aromatic heterocycles. The molecule has 0 saturated carbocycles. The molecule has 0 amide bonds. The van der Waals surface area contributed by atoms with Crippen molar-refractivity contribution in [3.63, 3.8) is 0 Å². The molecular formula is C12H21BrN4O. The molecule has 0 aliphatic rings. The average molecular weight is 317 g/mol. The number of aromatic nitrogens is 3. The normalized spacial score (nSPS) is 14.8. The summed E-state index contributed by atoms with van der Waals surface area (Å²) in [7, 11) is 1.74. The molecule has 102 valence electrons. The van der Waals surface area contributed by atoms with Crippen LogP contribution in [-0.4, -0.2) is 44.3 Å². The molecule has 0 N–H and O–H groups in total. The van der Waals surface area contributed by atoms with Crippen LogP contribution >= 0.6 is 15.9 Å². The zero-order valence-corrected chi connectivity index (χ0v) is 13.3. The number of carbonyl (C=O) groups excluding carboxylic acids is 1. The van der Waals surface area contributed by atoms with Gasteiger partial charge in [-0.3, -0.25) is 9.69 Å². The first kappa shape index (κ1) is 15.3. The third kappa shape index (κ3) is 2.49. The second-order valence-corrected chi connectivity index (χ2v) is 5.23. The summed E-state index contributed by atoms with van der Waals surface area (Å²) in [5.74, 6) is 0.0630. The van der Waals surface area contributed by atoms with Crippen molar-refractivity contribution in [2.24, 2.45) is 7.05 Å². The van der Waals surface area contributed by atoms with E-state index in [0.29, 0.717) is 10.3 Å². The van der Waals surface area contributed by atoms with Crippen molar-refractivity contribution in [2.45, 2.75) is 39.7 Å². The van der Waals surface area contributed by atoms with Gasteiger partial charge >= 0.3 is 0 Å². The molecule has 0 saturated heterocycles. The first-order valence-electron chi connectivity index (χ1n) is 6.27. The second-order valence-electron chi connectivity index (χ2n) is 4.48. The average Bonchev–Trinajstić information content (AvgIpc) is 2.69. The number of carbonyl (C=O) groups is 1. The van der Waals surface area contributed by atoms with E-state index in [-0.39, 0.29) is 5.78 Å². The van der Waals surface area contributed by atoms with Gasteiger partial charge in [0, 0.05) is 7.05 Å². The number of rotatable bonds is 6. The zero-order valence-electron chi connectivity index (χ0n) is 11.7. The Bertz CT molecular complexity index is 408. The Balaban J connectivity index is 3.21.